The van der Waals surface area contributed by atoms with E-state index in [9.17, 15) is 13.2 Å². The maximum absolute atomic E-state index is 11.6. The molecule has 0 spiro atoms. The molecule has 0 atom stereocenters. The first-order chi connectivity index (χ1) is 7.08. The van der Waals surface area contributed by atoms with E-state index in [0.29, 0.717) is 5.82 Å². The Morgan fingerprint density at radius 2 is 2.20 bits per heavy atom. The van der Waals surface area contributed by atoms with Crippen LogP contribution in [0.4, 0.5) is 19.0 Å². The molecule has 0 fully saturated rings. The molecular formula is C8H10F3N3O. The molecular weight excluding hydrogens is 211 g/mol. The molecule has 0 saturated heterocycles. The second-order valence-corrected chi connectivity index (χ2v) is 2.70. The number of anilines is 1. The van der Waals surface area contributed by atoms with Crippen LogP contribution in [-0.4, -0.2) is 36.1 Å². The Balaban J connectivity index is 2.08. The number of rotatable bonds is 5. The summed E-state index contributed by atoms with van der Waals surface area (Å²) in [5, 5.41) is 10.0. The average molecular weight is 221 g/mol. The van der Waals surface area contributed by atoms with Crippen molar-refractivity contribution in [2.24, 2.45) is 0 Å². The molecule has 0 aromatic carbocycles. The lowest BCUT2D eigenvalue weighted by molar-refractivity contribution is -0.172. The van der Waals surface area contributed by atoms with Gasteiger partial charge >= 0.3 is 6.18 Å². The lowest BCUT2D eigenvalue weighted by atomic mass is 10.5. The first kappa shape index (κ1) is 11.7. The van der Waals surface area contributed by atoms with Crippen LogP contribution in [-0.2, 0) is 4.74 Å². The van der Waals surface area contributed by atoms with E-state index >= 15 is 0 Å². The third-order valence-corrected chi connectivity index (χ3v) is 1.39. The second-order valence-electron chi connectivity index (χ2n) is 2.70. The van der Waals surface area contributed by atoms with E-state index in [1.165, 1.54) is 6.20 Å². The Bertz CT molecular complexity index is 278. The molecule has 7 heteroatoms. The molecule has 0 radical (unpaired) electrons. The second kappa shape index (κ2) is 5.50. The topological polar surface area (TPSA) is 47.0 Å². The minimum atomic E-state index is -4.27. The first-order valence-corrected chi connectivity index (χ1v) is 4.24. The summed E-state index contributed by atoms with van der Waals surface area (Å²) in [5.41, 5.74) is 0. The van der Waals surface area contributed by atoms with Gasteiger partial charge in [-0.05, 0) is 12.1 Å². The predicted octanol–water partition coefficient (Wildman–Crippen LogP) is 1.47. The lowest BCUT2D eigenvalue weighted by Gasteiger charge is -2.08. The van der Waals surface area contributed by atoms with Crippen LogP contribution >= 0.6 is 0 Å². The number of nitrogens with zero attached hydrogens (tertiary/aromatic N) is 2. The van der Waals surface area contributed by atoms with Crippen molar-refractivity contribution in [3.63, 3.8) is 0 Å². The van der Waals surface area contributed by atoms with E-state index in [2.05, 4.69) is 20.3 Å². The van der Waals surface area contributed by atoms with Crippen LogP contribution in [0.5, 0.6) is 0 Å². The van der Waals surface area contributed by atoms with Crippen molar-refractivity contribution in [2.45, 2.75) is 6.18 Å². The van der Waals surface area contributed by atoms with Crippen molar-refractivity contribution in [3.8, 4) is 0 Å². The molecule has 1 heterocycles. The number of hydrogen-bond acceptors (Lipinski definition) is 4. The van der Waals surface area contributed by atoms with Crippen molar-refractivity contribution in [1.82, 2.24) is 10.2 Å². The van der Waals surface area contributed by atoms with E-state index < -0.39 is 12.8 Å². The summed E-state index contributed by atoms with van der Waals surface area (Å²) in [6.45, 7) is -1.000. The highest BCUT2D eigenvalue weighted by atomic mass is 19.4. The number of halogens is 3. The summed E-state index contributed by atoms with van der Waals surface area (Å²) < 4.78 is 39.3. The molecule has 1 aromatic heterocycles. The standard InChI is InChI=1S/C8H10F3N3O/c9-8(10,11)6-15-5-4-12-7-2-1-3-13-14-7/h1-3H,4-6H2,(H,12,14). The largest absolute Gasteiger partial charge is 0.411 e. The minimum absolute atomic E-state index is 0.0317. The molecule has 0 amide bonds. The van der Waals surface area contributed by atoms with Gasteiger partial charge in [0.1, 0.15) is 12.4 Å². The van der Waals surface area contributed by atoms with Gasteiger partial charge in [0.2, 0.25) is 0 Å². The van der Waals surface area contributed by atoms with Gasteiger partial charge in [-0.1, -0.05) is 0 Å². The zero-order valence-electron chi connectivity index (χ0n) is 7.79. The Kier molecular flexibility index (Phi) is 4.29. The van der Waals surface area contributed by atoms with Gasteiger partial charge in [0.05, 0.1) is 6.61 Å². The highest BCUT2D eigenvalue weighted by molar-refractivity contribution is 5.30. The Labute approximate surface area is 84.5 Å². The molecule has 0 aliphatic heterocycles. The van der Waals surface area contributed by atoms with Gasteiger partial charge in [0, 0.05) is 12.7 Å². The van der Waals surface area contributed by atoms with Gasteiger partial charge in [0.25, 0.3) is 0 Å². The number of ether oxygens (including phenoxy) is 1. The molecule has 15 heavy (non-hydrogen) atoms. The molecule has 0 aliphatic carbocycles. The van der Waals surface area contributed by atoms with Crippen LogP contribution in [0.25, 0.3) is 0 Å². The molecule has 84 valence electrons. The van der Waals surface area contributed by atoms with Gasteiger partial charge in [-0.2, -0.15) is 18.3 Å². The van der Waals surface area contributed by atoms with Crippen LogP contribution in [0.3, 0.4) is 0 Å². The molecule has 0 aliphatic rings. The normalized spacial score (nSPS) is 11.4. The Morgan fingerprint density at radius 1 is 1.40 bits per heavy atom. The van der Waals surface area contributed by atoms with Crippen molar-refractivity contribution in [3.05, 3.63) is 18.3 Å². The number of nitrogens with one attached hydrogen (secondary N) is 1. The summed E-state index contributed by atoms with van der Waals surface area (Å²) in [5.74, 6) is 0.508. The molecule has 1 rings (SSSR count). The van der Waals surface area contributed by atoms with Crippen molar-refractivity contribution in [1.29, 1.82) is 0 Å². The molecule has 0 unspecified atom stereocenters. The number of alkyl halides is 3. The number of hydrogen-bond donors (Lipinski definition) is 1. The highest BCUT2D eigenvalue weighted by Gasteiger charge is 2.27. The fourth-order valence-corrected chi connectivity index (χ4v) is 0.835. The summed E-state index contributed by atoms with van der Waals surface area (Å²) in [6.07, 6.45) is -2.77. The van der Waals surface area contributed by atoms with Crippen LogP contribution in [0.1, 0.15) is 0 Å². The third kappa shape index (κ3) is 5.84. The van der Waals surface area contributed by atoms with Crippen molar-refractivity contribution >= 4 is 5.82 Å². The quantitative estimate of drug-likeness (QED) is 0.765. The fraction of sp³-hybridized carbons (Fsp3) is 0.500. The monoisotopic (exact) mass is 221 g/mol. The number of aromatic nitrogens is 2. The van der Waals surface area contributed by atoms with Gasteiger partial charge in [-0.15, -0.1) is 5.10 Å². The van der Waals surface area contributed by atoms with Crippen LogP contribution in [0.15, 0.2) is 18.3 Å². The lowest BCUT2D eigenvalue weighted by Crippen LogP contribution is -2.20. The predicted molar refractivity (Wildman–Crippen MR) is 47.4 cm³/mol. The van der Waals surface area contributed by atoms with Crippen molar-refractivity contribution < 1.29 is 17.9 Å². The van der Waals surface area contributed by atoms with Gasteiger partial charge < -0.3 is 10.1 Å². The molecule has 1 N–H and O–H groups in total. The first-order valence-electron chi connectivity index (χ1n) is 4.24. The van der Waals surface area contributed by atoms with E-state index in [1.54, 1.807) is 12.1 Å². The van der Waals surface area contributed by atoms with E-state index in [4.69, 9.17) is 0 Å². The zero-order chi connectivity index (χ0) is 11.1. The van der Waals surface area contributed by atoms with E-state index in [0.717, 1.165) is 0 Å². The van der Waals surface area contributed by atoms with Crippen LogP contribution < -0.4 is 5.32 Å². The minimum Gasteiger partial charge on any atom is -0.370 e. The fourth-order valence-electron chi connectivity index (χ4n) is 0.835. The van der Waals surface area contributed by atoms with E-state index in [-0.39, 0.29) is 13.2 Å². The van der Waals surface area contributed by atoms with Gasteiger partial charge in [-0.25, -0.2) is 0 Å². The zero-order valence-corrected chi connectivity index (χ0v) is 7.79. The summed E-state index contributed by atoms with van der Waals surface area (Å²) in [6, 6.07) is 3.34. The Hall–Kier alpha value is -1.37. The van der Waals surface area contributed by atoms with Crippen LogP contribution in [0.2, 0.25) is 0 Å². The van der Waals surface area contributed by atoms with Crippen molar-refractivity contribution in [2.75, 3.05) is 25.1 Å². The molecule has 1 aromatic rings. The average Bonchev–Trinajstić information content (AvgIpc) is 2.17. The summed E-state index contributed by atoms with van der Waals surface area (Å²) in [7, 11) is 0. The summed E-state index contributed by atoms with van der Waals surface area (Å²) >= 11 is 0. The van der Waals surface area contributed by atoms with E-state index in [1.807, 2.05) is 0 Å². The molecule has 0 bridgehead atoms. The highest BCUT2D eigenvalue weighted by Crippen LogP contribution is 2.14. The van der Waals surface area contributed by atoms with Crippen LogP contribution in [0, 0.1) is 0 Å². The maximum atomic E-state index is 11.6. The maximum Gasteiger partial charge on any atom is 0.411 e. The Morgan fingerprint density at radius 3 is 2.80 bits per heavy atom. The molecule has 4 nitrogen and oxygen atoms in total. The van der Waals surface area contributed by atoms with Gasteiger partial charge in [-0.3, -0.25) is 0 Å². The van der Waals surface area contributed by atoms with Gasteiger partial charge in [0.15, 0.2) is 0 Å². The smallest absolute Gasteiger partial charge is 0.370 e. The summed E-state index contributed by atoms with van der Waals surface area (Å²) in [4.78, 5) is 0. The molecule has 0 saturated carbocycles. The third-order valence-electron chi connectivity index (χ3n) is 1.39. The SMILES string of the molecule is FC(F)(F)COCCNc1cccnn1.